The lowest BCUT2D eigenvalue weighted by molar-refractivity contribution is 0.0951. The number of carbonyl (C=O) groups excluding carboxylic acids is 2. The Morgan fingerprint density at radius 1 is 1.00 bits per heavy atom. The summed E-state index contributed by atoms with van der Waals surface area (Å²) in [5.41, 5.74) is 3.08. The van der Waals surface area contributed by atoms with Crippen molar-refractivity contribution < 1.29 is 14.3 Å². The molecule has 0 unspecified atom stereocenters. The van der Waals surface area contributed by atoms with Crippen molar-refractivity contribution in [3.8, 4) is 17.0 Å². The molecule has 0 radical (unpaired) electrons. The standard InChI is InChI=1S/C20H19N3O3S/c1-20(2,3)15-8-10-16(11-9-15)26-19(25)21-18(24)14-6-4-13(5-7-14)17-12-27-23-22-17/h4-12H,1-3H3,(H,21,24,25). The highest BCUT2D eigenvalue weighted by Crippen LogP contribution is 2.24. The summed E-state index contributed by atoms with van der Waals surface area (Å²) < 4.78 is 8.97. The van der Waals surface area contributed by atoms with Crippen LogP contribution in [0.3, 0.4) is 0 Å². The number of imide groups is 1. The van der Waals surface area contributed by atoms with Crippen molar-refractivity contribution in [3.05, 3.63) is 65.0 Å². The third kappa shape index (κ3) is 4.77. The van der Waals surface area contributed by atoms with Crippen LogP contribution in [0.4, 0.5) is 4.79 Å². The third-order valence-corrected chi connectivity index (χ3v) is 4.45. The zero-order valence-corrected chi connectivity index (χ0v) is 16.0. The van der Waals surface area contributed by atoms with E-state index in [1.54, 1.807) is 36.4 Å². The zero-order valence-electron chi connectivity index (χ0n) is 15.2. The maximum absolute atomic E-state index is 12.2. The number of hydrogen-bond acceptors (Lipinski definition) is 6. The number of rotatable bonds is 3. The lowest BCUT2D eigenvalue weighted by Crippen LogP contribution is -2.32. The first kappa shape index (κ1) is 18.7. The molecule has 2 amide bonds. The van der Waals surface area contributed by atoms with E-state index in [9.17, 15) is 9.59 Å². The van der Waals surface area contributed by atoms with Gasteiger partial charge in [0.05, 0.1) is 0 Å². The highest BCUT2D eigenvalue weighted by Gasteiger charge is 2.15. The van der Waals surface area contributed by atoms with Crippen LogP contribution in [0, 0.1) is 0 Å². The first-order valence-corrected chi connectivity index (χ1v) is 9.18. The first-order valence-electron chi connectivity index (χ1n) is 8.34. The van der Waals surface area contributed by atoms with Gasteiger partial charge in [-0.3, -0.25) is 10.1 Å². The molecule has 1 N–H and O–H groups in total. The van der Waals surface area contributed by atoms with Crippen LogP contribution in [-0.4, -0.2) is 21.6 Å². The van der Waals surface area contributed by atoms with Crippen LogP contribution >= 0.6 is 11.5 Å². The molecule has 0 aliphatic heterocycles. The smallest absolute Gasteiger partial charge is 0.410 e. The second kappa shape index (κ2) is 7.67. The molecule has 0 atom stereocenters. The summed E-state index contributed by atoms with van der Waals surface area (Å²) in [5, 5.41) is 8.01. The van der Waals surface area contributed by atoms with Crippen LogP contribution in [0.25, 0.3) is 11.3 Å². The average Bonchev–Trinajstić information content (AvgIpc) is 3.16. The van der Waals surface area contributed by atoms with Gasteiger partial charge in [0, 0.05) is 16.5 Å². The maximum atomic E-state index is 12.2. The lowest BCUT2D eigenvalue weighted by atomic mass is 9.87. The van der Waals surface area contributed by atoms with Crippen molar-refractivity contribution in [3.63, 3.8) is 0 Å². The Hall–Kier alpha value is -3.06. The largest absolute Gasteiger partial charge is 0.419 e. The molecule has 0 bridgehead atoms. The number of amides is 2. The number of benzene rings is 2. The van der Waals surface area contributed by atoms with Crippen LogP contribution in [0.5, 0.6) is 5.75 Å². The summed E-state index contributed by atoms with van der Waals surface area (Å²) >= 11 is 1.25. The van der Waals surface area contributed by atoms with Crippen LogP contribution in [0.1, 0.15) is 36.7 Å². The van der Waals surface area contributed by atoms with Gasteiger partial charge in [0.15, 0.2) is 0 Å². The van der Waals surface area contributed by atoms with E-state index in [2.05, 4.69) is 35.7 Å². The molecular formula is C20H19N3O3S. The summed E-state index contributed by atoms with van der Waals surface area (Å²) in [7, 11) is 0. The Balaban J connectivity index is 1.59. The monoisotopic (exact) mass is 381 g/mol. The molecule has 0 fully saturated rings. The minimum atomic E-state index is -0.823. The van der Waals surface area contributed by atoms with E-state index < -0.39 is 12.0 Å². The number of ether oxygens (including phenoxy) is 1. The van der Waals surface area contributed by atoms with Gasteiger partial charge in [0.1, 0.15) is 11.4 Å². The fourth-order valence-electron chi connectivity index (χ4n) is 2.40. The van der Waals surface area contributed by atoms with E-state index in [0.717, 1.165) is 16.8 Å². The second-order valence-corrected chi connectivity index (χ2v) is 7.60. The molecule has 0 saturated carbocycles. The van der Waals surface area contributed by atoms with Crippen molar-refractivity contribution in [1.82, 2.24) is 14.9 Å². The van der Waals surface area contributed by atoms with Crippen molar-refractivity contribution >= 4 is 23.5 Å². The molecule has 6 nitrogen and oxygen atoms in total. The highest BCUT2D eigenvalue weighted by molar-refractivity contribution is 7.03. The van der Waals surface area contributed by atoms with E-state index in [4.69, 9.17) is 4.74 Å². The van der Waals surface area contributed by atoms with Gasteiger partial charge in [-0.1, -0.05) is 49.5 Å². The van der Waals surface area contributed by atoms with Crippen LogP contribution < -0.4 is 10.1 Å². The van der Waals surface area contributed by atoms with Crippen LogP contribution in [-0.2, 0) is 5.41 Å². The van der Waals surface area contributed by atoms with Gasteiger partial charge in [0.2, 0.25) is 0 Å². The predicted octanol–water partition coefficient (Wildman–Crippen LogP) is 4.43. The molecule has 0 spiro atoms. The normalized spacial score (nSPS) is 11.1. The molecule has 138 valence electrons. The molecule has 0 aliphatic carbocycles. The van der Waals surface area contributed by atoms with Gasteiger partial charge in [-0.05, 0) is 46.8 Å². The Bertz CT molecular complexity index is 928. The Morgan fingerprint density at radius 3 is 2.22 bits per heavy atom. The lowest BCUT2D eigenvalue weighted by Gasteiger charge is -2.18. The molecule has 1 heterocycles. The minimum absolute atomic E-state index is 0.0114. The van der Waals surface area contributed by atoms with Crippen molar-refractivity contribution in [1.29, 1.82) is 0 Å². The molecule has 1 aromatic heterocycles. The number of nitrogens with zero attached hydrogens (tertiary/aromatic N) is 2. The Morgan fingerprint density at radius 2 is 1.67 bits per heavy atom. The second-order valence-electron chi connectivity index (χ2n) is 6.99. The van der Waals surface area contributed by atoms with Gasteiger partial charge in [-0.2, -0.15) is 0 Å². The van der Waals surface area contributed by atoms with Crippen molar-refractivity contribution in [2.24, 2.45) is 0 Å². The van der Waals surface area contributed by atoms with E-state index in [-0.39, 0.29) is 5.41 Å². The molecule has 7 heteroatoms. The van der Waals surface area contributed by atoms with E-state index in [1.165, 1.54) is 11.5 Å². The summed E-state index contributed by atoms with van der Waals surface area (Å²) in [5.74, 6) is -0.158. The van der Waals surface area contributed by atoms with E-state index in [0.29, 0.717) is 11.3 Å². The fraction of sp³-hybridized carbons (Fsp3) is 0.200. The number of nitrogens with one attached hydrogen (secondary N) is 1. The highest BCUT2D eigenvalue weighted by atomic mass is 32.1. The fourth-order valence-corrected chi connectivity index (χ4v) is 2.87. The Labute approximate surface area is 161 Å². The quantitative estimate of drug-likeness (QED) is 0.726. The molecule has 2 aromatic carbocycles. The van der Waals surface area contributed by atoms with E-state index >= 15 is 0 Å². The number of hydrogen-bond donors (Lipinski definition) is 1. The third-order valence-electron chi connectivity index (χ3n) is 3.95. The zero-order chi connectivity index (χ0) is 19.4. The van der Waals surface area contributed by atoms with Gasteiger partial charge in [-0.15, -0.1) is 5.10 Å². The summed E-state index contributed by atoms with van der Waals surface area (Å²) in [6.45, 7) is 6.30. The summed E-state index contributed by atoms with van der Waals surface area (Å²) in [6.07, 6.45) is -0.823. The molecule has 0 saturated heterocycles. The number of carbonyl (C=O) groups is 2. The molecule has 27 heavy (non-hydrogen) atoms. The molecule has 3 aromatic rings. The Kier molecular flexibility index (Phi) is 5.32. The topological polar surface area (TPSA) is 81.2 Å². The maximum Gasteiger partial charge on any atom is 0.419 e. The number of aromatic nitrogens is 2. The SMILES string of the molecule is CC(C)(C)c1ccc(OC(=O)NC(=O)c2ccc(-c3csnn3)cc2)cc1. The molecule has 0 aliphatic rings. The summed E-state index contributed by atoms with van der Waals surface area (Å²) in [4.78, 5) is 24.2. The van der Waals surface area contributed by atoms with Gasteiger partial charge >= 0.3 is 6.09 Å². The van der Waals surface area contributed by atoms with Crippen molar-refractivity contribution in [2.75, 3.05) is 0 Å². The first-order chi connectivity index (χ1) is 12.8. The van der Waals surface area contributed by atoms with Crippen molar-refractivity contribution in [2.45, 2.75) is 26.2 Å². The van der Waals surface area contributed by atoms with Gasteiger partial charge in [0.25, 0.3) is 5.91 Å². The average molecular weight is 381 g/mol. The molecule has 3 rings (SSSR count). The summed E-state index contributed by atoms with van der Waals surface area (Å²) in [6, 6.07) is 14.0. The van der Waals surface area contributed by atoms with Gasteiger partial charge < -0.3 is 4.74 Å². The van der Waals surface area contributed by atoms with Crippen LogP contribution in [0.2, 0.25) is 0 Å². The van der Waals surface area contributed by atoms with Gasteiger partial charge in [-0.25, -0.2) is 4.79 Å². The molecular weight excluding hydrogens is 362 g/mol. The minimum Gasteiger partial charge on any atom is -0.410 e. The van der Waals surface area contributed by atoms with Crippen LogP contribution in [0.15, 0.2) is 53.9 Å². The predicted molar refractivity (Wildman–Crippen MR) is 104 cm³/mol. The van der Waals surface area contributed by atoms with E-state index in [1.807, 2.05) is 17.5 Å².